The number of fused-ring (bicyclic) bond motifs is 3. The molecule has 3 N–H and O–H groups in total. The minimum atomic E-state index is -0.625. The van der Waals surface area contributed by atoms with Gasteiger partial charge in [-0.25, -0.2) is 14.8 Å². The highest BCUT2D eigenvalue weighted by atomic mass is 16.6. The summed E-state index contributed by atoms with van der Waals surface area (Å²) in [5.41, 5.74) is 4.84. The average Bonchev–Trinajstić information content (AvgIpc) is 3.36. The van der Waals surface area contributed by atoms with Gasteiger partial charge in [-0.1, -0.05) is 36.4 Å². The van der Waals surface area contributed by atoms with Crippen LogP contribution in [0.1, 0.15) is 31.1 Å². The van der Waals surface area contributed by atoms with Gasteiger partial charge in [0.2, 0.25) is 0 Å². The Bertz CT molecular complexity index is 1960. The third kappa shape index (κ3) is 6.31. The first-order valence-corrected chi connectivity index (χ1v) is 13.7. The van der Waals surface area contributed by atoms with E-state index in [-0.39, 0.29) is 5.91 Å². The first-order valence-electron chi connectivity index (χ1n) is 13.7. The third-order valence-electron chi connectivity index (χ3n) is 6.53. The molecular formula is C34H29N5O4. The van der Waals surface area contributed by atoms with Crippen molar-refractivity contribution in [2.24, 2.45) is 0 Å². The Labute approximate surface area is 247 Å². The summed E-state index contributed by atoms with van der Waals surface area (Å²) < 4.78 is 11.5. The van der Waals surface area contributed by atoms with E-state index >= 15 is 0 Å². The summed E-state index contributed by atoms with van der Waals surface area (Å²) in [7, 11) is 0. The van der Waals surface area contributed by atoms with Gasteiger partial charge in [0.25, 0.3) is 5.91 Å². The van der Waals surface area contributed by atoms with Crippen molar-refractivity contribution in [3.05, 3.63) is 109 Å². The van der Waals surface area contributed by atoms with Crippen molar-refractivity contribution in [3.63, 3.8) is 0 Å². The van der Waals surface area contributed by atoms with Crippen LogP contribution < -0.4 is 16.0 Å². The molecule has 4 aromatic carbocycles. The quantitative estimate of drug-likeness (QED) is 0.184. The minimum Gasteiger partial charge on any atom is -0.455 e. The predicted octanol–water partition coefficient (Wildman–Crippen LogP) is 8.39. The Hall–Kier alpha value is -5.70. The maximum atomic E-state index is 12.9. The third-order valence-corrected chi connectivity index (χ3v) is 6.53. The number of nitrogens with one attached hydrogen (secondary N) is 3. The van der Waals surface area contributed by atoms with E-state index in [1.54, 1.807) is 57.2 Å². The molecule has 0 unspecified atom stereocenters. The van der Waals surface area contributed by atoms with Gasteiger partial charge >= 0.3 is 6.09 Å². The molecule has 0 atom stereocenters. The summed E-state index contributed by atoms with van der Waals surface area (Å²) in [5, 5.41) is 10.9. The number of hydrogen-bond donors (Lipinski definition) is 3. The van der Waals surface area contributed by atoms with Crippen molar-refractivity contribution < 1.29 is 18.7 Å². The van der Waals surface area contributed by atoms with Crippen LogP contribution in [0.2, 0.25) is 0 Å². The van der Waals surface area contributed by atoms with Crippen molar-refractivity contribution in [3.8, 4) is 11.3 Å². The monoisotopic (exact) mass is 571 g/mol. The molecule has 0 radical (unpaired) electrons. The zero-order valence-corrected chi connectivity index (χ0v) is 23.8. The number of anilines is 4. The highest BCUT2D eigenvalue weighted by molar-refractivity contribution is 6.09. The highest BCUT2D eigenvalue weighted by Crippen LogP contribution is 2.35. The number of amides is 2. The lowest BCUT2D eigenvalue weighted by Crippen LogP contribution is -2.27. The fourth-order valence-corrected chi connectivity index (χ4v) is 4.67. The van der Waals surface area contributed by atoms with E-state index in [0.717, 1.165) is 38.9 Å². The summed E-state index contributed by atoms with van der Waals surface area (Å²) in [6, 6.07) is 29.8. The van der Waals surface area contributed by atoms with Crippen molar-refractivity contribution in [1.29, 1.82) is 0 Å². The van der Waals surface area contributed by atoms with Gasteiger partial charge in [-0.3, -0.25) is 10.1 Å². The second kappa shape index (κ2) is 11.3. The number of furan rings is 1. The standard InChI is InChI=1S/C34H29N5O4/c1-34(2,3)43-33(41)39-24-9-6-8-21(18-24)32(40)38-23-16-14-22(15-17-23)37-30-19-28(35-20-36-30)27-12-7-11-26-25-10-4-5-13-29(25)42-31(26)27/h4-20H,1-3H3,(H,38,40)(H,39,41)(H,35,36,37). The molecule has 0 saturated carbocycles. The van der Waals surface area contributed by atoms with Gasteiger partial charge in [0.1, 0.15) is 28.9 Å². The summed E-state index contributed by atoms with van der Waals surface area (Å²) in [4.78, 5) is 33.8. The zero-order chi connectivity index (χ0) is 30.0. The molecule has 0 spiro atoms. The Morgan fingerprint density at radius 2 is 1.49 bits per heavy atom. The molecule has 6 rings (SSSR count). The number of carbonyl (C=O) groups excluding carboxylic acids is 2. The molecule has 214 valence electrons. The van der Waals surface area contributed by atoms with Gasteiger partial charge in [0, 0.05) is 45.0 Å². The summed E-state index contributed by atoms with van der Waals surface area (Å²) in [6.45, 7) is 5.35. The number of rotatable bonds is 6. The molecule has 9 heteroatoms. The average molecular weight is 572 g/mol. The van der Waals surface area contributed by atoms with Crippen molar-refractivity contribution >= 4 is 56.8 Å². The van der Waals surface area contributed by atoms with E-state index in [0.29, 0.717) is 22.8 Å². The molecule has 0 aliphatic heterocycles. The Morgan fingerprint density at radius 3 is 2.30 bits per heavy atom. The summed E-state index contributed by atoms with van der Waals surface area (Å²) in [5.74, 6) is 0.304. The summed E-state index contributed by atoms with van der Waals surface area (Å²) >= 11 is 0. The first-order chi connectivity index (χ1) is 20.7. The van der Waals surface area contributed by atoms with Gasteiger partial charge in [0.05, 0.1) is 5.69 Å². The number of para-hydroxylation sites is 2. The zero-order valence-electron chi connectivity index (χ0n) is 23.8. The van der Waals surface area contributed by atoms with Gasteiger partial charge in [-0.2, -0.15) is 0 Å². The number of hydrogen-bond acceptors (Lipinski definition) is 7. The number of benzene rings is 4. The Morgan fingerprint density at radius 1 is 0.744 bits per heavy atom. The molecule has 9 nitrogen and oxygen atoms in total. The molecule has 6 aromatic rings. The largest absolute Gasteiger partial charge is 0.455 e. The van der Waals surface area contributed by atoms with Gasteiger partial charge in [-0.05, 0) is 75.4 Å². The molecule has 0 aliphatic rings. The van der Waals surface area contributed by atoms with E-state index in [1.165, 1.54) is 6.33 Å². The molecule has 2 heterocycles. The number of aromatic nitrogens is 2. The number of nitrogens with zero attached hydrogens (tertiary/aromatic N) is 2. The van der Waals surface area contributed by atoms with Gasteiger partial charge in [-0.15, -0.1) is 0 Å². The van der Waals surface area contributed by atoms with Crippen molar-refractivity contribution in [2.75, 3.05) is 16.0 Å². The van der Waals surface area contributed by atoms with Crippen LogP contribution in [-0.2, 0) is 4.74 Å². The lowest BCUT2D eigenvalue weighted by Gasteiger charge is -2.19. The van der Waals surface area contributed by atoms with Crippen LogP contribution in [0, 0.1) is 0 Å². The van der Waals surface area contributed by atoms with Crippen molar-refractivity contribution in [1.82, 2.24) is 9.97 Å². The Balaban J connectivity index is 1.13. The van der Waals surface area contributed by atoms with E-state index in [2.05, 4.69) is 25.9 Å². The fraction of sp³-hybridized carbons (Fsp3) is 0.118. The smallest absolute Gasteiger partial charge is 0.412 e. The minimum absolute atomic E-state index is 0.311. The lowest BCUT2D eigenvalue weighted by atomic mass is 10.1. The van der Waals surface area contributed by atoms with E-state index in [4.69, 9.17) is 9.15 Å². The van der Waals surface area contributed by atoms with Gasteiger partial charge in [0.15, 0.2) is 0 Å². The lowest BCUT2D eigenvalue weighted by molar-refractivity contribution is 0.0635. The van der Waals surface area contributed by atoms with Crippen LogP contribution in [0.15, 0.2) is 108 Å². The van der Waals surface area contributed by atoms with Crippen LogP contribution in [0.5, 0.6) is 0 Å². The normalized spacial score (nSPS) is 11.3. The molecule has 0 aliphatic carbocycles. The first kappa shape index (κ1) is 27.5. The maximum absolute atomic E-state index is 12.9. The molecule has 0 saturated heterocycles. The highest BCUT2D eigenvalue weighted by Gasteiger charge is 2.17. The molecule has 0 fully saturated rings. The number of ether oxygens (including phenoxy) is 1. The van der Waals surface area contributed by atoms with Crippen LogP contribution >= 0.6 is 0 Å². The van der Waals surface area contributed by atoms with E-state index in [1.807, 2.05) is 60.7 Å². The maximum Gasteiger partial charge on any atom is 0.412 e. The second-order valence-electron chi connectivity index (χ2n) is 10.9. The van der Waals surface area contributed by atoms with E-state index in [9.17, 15) is 9.59 Å². The van der Waals surface area contributed by atoms with Crippen molar-refractivity contribution in [2.45, 2.75) is 26.4 Å². The Kier molecular flexibility index (Phi) is 7.21. The number of carbonyl (C=O) groups is 2. The molecule has 0 bridgehead atoms. The predicted molar refractivity (Wildman–Crippen MR) is 169 cm³/mol. The second-order valence-corrected chi connectivity index (χ2v) is 10.9. The molecule has 43 heavy (non-hydrogen) atoms. The van der Waals surface area contributed by atoms with Gasteiger partial charge < -0.3 is 19.8 Å². The van der Waals surface area contributed by atoms with Crippen LogP contribution in [0.3, 0.4) is 0 Å². The SMILES string of the molecule is CC(C)(C)OC(=O)Nc1cccc(C(=O)Nc2ccc(Nc3cc(-c4cccc5c4oc4ccccc45)ncn3)cc2)c1. The topological polar surface area (TPSA) is 118 Å². The molecule has 2 aromatic heterocycles. The van der Waals surface area contributed by atoms with Crippen LogP contribution in [0.4, 0.5) is 27.7 Å². The summed E-state index contributed by atoms with van der Waals surface area (Å²) in [6.07, 6.45) is 0.926. The molecule has 2 amide bonds. The van der Waals surface area contributed by atoms with E-state index < -0.39 is 11.7 Å². The molecular weight excluding hydrogens is 542 g/mol. The fourth-order valence-electron chi connectivity index (χ4n) is 4.67. The van der Waals surface area contributed by atoms with Crippen LogP contribution in [0.25, 0.3) is 33.2 Å². The van der Waals surface area contributed by atoms with Crippen LogP contribution in [-0.4, -0.2) is 27.6 Å².